The molecule has 0 saturated carbocycles. The number of carbonyl (C=O) groups excluding carboxylic acids is 1. The van der Waals surface area contributed by atoms with Crippen LogP contribution < -0.4 is 10.6 Å². The van der Waals surface area contributed by atoms with Gasteiger partial charge in [-0.15, -0.1) is 0 Å². The Morgan fingerprint density at radius 2 is 2.00 bits per heavy atom. The van der Waals surface area contributed by atoms with Crippen molar-refractivity contribution < 1.29 is 4.79 Å². The van der Waals surface area contributed by atoms with E-state index >= 15 is 0 Å². The van der Waals surface area contributed by atoms with Crippen LogP contribution in [0.25, 0.3) is 0 Å². The maximum atomic E-state index is 10.8. The highest BCUT2D eigenvalue weighted by atomic mass is 16.2. The topological polar surface area (TPSA) is 41.1 Å². The van der Waals surface area contributed by atoms with Crippen LogP contribution >= 0.6 is 0 Å². The number of urea groups is 1. The Labute approximate surface area is 68.6 Å². The highest BCUT2D eigenvalue weighted by Gasteiger charge is 1.97. The summed E-state index contributed by atoms with van der Waals surface area (Å²) in [4.78, 5) is 10.8. The first-order valence-electron chi connectivity index (χ1n) is 4.18. The standard InChI is InChI=1S/C8H18N2O/c1-4-9-8(11)10-6-5-7(2)3/h7H,4-6H2,1-3H3,(H2,9,10,11). The van der Waals surface area contributed by atoms with Gasteiger partial charge in [0, 0.05) is 13.1 Å². The molecule has 2 amide bonds. The molecule has 0 bridgehead atoms. The van der Waals surface area contributed by atoms with E-state index in [4.69, 9.17) is 0 Å². The predicted octanol–water partition coefficient (Wildman–Crippen LogP) is 1.35. The average molecular weight is 158 g/mol. The van der Waals surface area contributed by atoms with Crippen molar-refractivity contribution in [3.63, 3.8) is 0 Å². The maximum absolute atomic E-state index is 10.8. The van der Waals surface area contributed by atoms with E-state index in [-0.39, 0.29) is 6.03 Å². The molecule has 0 saturated heterocycles. The second-order valence-corrected chi connectivity index (χ2v) is 2.97. The molecule has 11 heavy (non-hydrogen) atoms. The first-order chi connectivity index (χ1) is 5.16. The summed E-state index contributed by atoms with van der Waals surface area (Å²) in [5.41, 5.74) is 0. The van der Waals surface area contributed by atoms with Crippen molar-refractivity contribution in [2.24, 2.45) is 5.92 Å². The lowest BCUT2D eigenvalue weighted by Gasteiger charge is -2.06. The molecule has 0 fully saturated rings. The lowest BCUT2D eigenvalue weighted by atomic mass is 10.1. The van der Waals surface area contributed by atoms with Gasteiger partial charge in [0.05, 0.1) is 0 Å². The molecule has 0 rings (SSSR count). The smallest absolute Gasteiger partial charge is 0.314 e. The van der Waals surface area contributed by atoms with Gasteiger partial charge in [-0.2, -0.15) is 0 Å². The van der Waals surface area contributed by atoms with Gasteiger partial charge in [0.25, 0.3) is 0 Å². The average Bonchev–Trinajstić information content (AvgIpc) is 1.87. The molecule has 0 aromatic rings. The third-order valence-corrected chi connectivity index (χ3v) is 1.34. The lowest BCUT2D eigenvalue weighted by Crippen LogP contribution is -2.36. The first-order valence-corrected chi connectivity index (χ1v) is 4.18. The highest BCUT2D eigenvalue weighted by molar-refractivity contribution is 5.73. The summed E-state index contributed by atoms with van der Waals surface area (Å²) in [6.45, 7) is 7.64. The molecule has 0 heterocycles. The number of nitrogens with one attached hydrogen (secondary N) is 2. The largest absolute Gasteiger partial charge is 0.338 e. The first kappa shape index (κ1) is 10.3. The Morgan fingerprint density at radius 3 is 2.45 bits per heavy atom. The van der Waals surface area contributed by atoms with Crippen LogP contribution in [0, 0.1) is 5.92 Å². The van der Waals surface area contributed by atoms with Crippen LogP contribution in [0.4, 0.5) is 4.79 Å². The monoisotopic (exact) mass is 158 g/mol. The number of rotatable bonds is 4. The Hall–Kier alpha value is -0.730. The van der Waals surface area contributed by atoms with Gasteiger partial charge in [0.15, 0.2) is 0 Å². The van der Waals surface area contributed by atoms with E-state index in [0.29, 0.717) is 12.5 Å². The fraction of sp³-hybridized carbons (Fsp3) is 0.875. The summed E-state index contributed by atoms with van der Waals surface area (Å²) in [7, 11) is 0. The van der Waals surface area contributed by atoms with Crippen LogP contribution in [0.3, 0.4) is 0 Å². The SMILES string of the molecule is CCNC(=O)NCCC(C)C. The summed E-state index contributed by atoms with van der Waals surface area (Å²) in [6, 6.07) is -0.0619. The fourth-order valence-electron chi connectivity index (χ4n) is 0.697. The van der Waals surface area contributed by atoms with E-state index in [1.165, 1.54) is 0 Å². The third-order valence-electron chi connectivity index (χ3n) is 1.34. The van der Waals surface area contributed by atoms with Crippen LogP contribution in [-0.4, -0.2) is 19.1 Å². The van der Waals surface area contributed by atoms with Gasteiger partial charge >= 0.3 is 6.03 Å². The third kappa shape index (κ3) is 7.16. The van der Waals surface area contributed by atoms with Gasteiger partial charge in [0.2, 0.25) is 0 Å². The van der Waals surface area contributed by atoms with Crippen molar-refractivity contribution in [2.45, 2.75) is 27.2 Å². The number of carbonyl (C=O) groups is 1. The molecule has 3 heteroatoms. The summed E-state index contributed by atoms with van der Waals surface area (Å²) in [6.07, 6.45) is 1.04. The van der Waals surface area contributed by atoms with Crippen LogP contribution in [-0.2, 0) is 0 Å². The molecule has 0 aliphatic carbocycles. The highest BCUT2D eigenvalue weighted by Crippen LogP contribution is 1.95. The molecule has 0 aromatic carbocycles. The second-order valence-electron chi connectivity index (χ2n) is 2.97. The molecule has 0 aromatic heterocycles. The van der Waals surface area contributed by atoms with E-state index in [1.807, 2.05) is 6.92 Å². The van der Waals surface area contributed by atoms with Crippen molar-refractivity contribution in [2.75, 3.05) is 13.1 Å². The minimum Gasteiger partial charge on any atom is -0.338 e. The lowest BCUT2D eigenvalue weighted by molar-refractivity contribution is 0.241. The molecule has 0 unspecified atom stereocenters. The Morgan fingerprint density at radius 1 is 1.36 bits per heavy atom. The normalized spacial score (nSPS) is 9.82. The van der Waals surface area contributed by atoms with E-state index in [2.05, 4.69) is 24.5 Å². The molecular weight excluding hydrogens is 140 g/mol. The summed E-state index contributed by atoms with van der Waals surface area (Å²) < 4.78 is 0. The molecule has 0 aliphatic heterocycles. The Bertz CT molecular complexity index is 113. The molecule has 3 nitrogen and oxygen atoms in total. The second kappa shape index (κ2) is 6.01. The molecular formula is C8H18N2O. The molecule has 2 N–H and O–H groups in total. The van der Waals surface area contributed by atoms with Gasteiger partial charge < -0.3 is 10.6 Å². The fourth-order valence-corrected chi connectivity index (χ4v) is 0.697. The minimum absolute atomic E-state index is 0.0619. The quantitative estimate of drug-likeness (QED) is 0.637. The van der Waals surface area contributed by atoms with Gasteiger partial charge in [-0.3, -0.25) is 0 Å². The number of hydrogen-bond acceptors (Lipinski definition) is 1. The van der Waals surface area contributed by atoms with E-state index in [1.54, 1.807) is 0 Å². The zero-order valence-corrected chi connectivity index (χ0v) is 7.61. The Balaban J connectivity index is 3.17. The molecule has 0 atom stereocenters. The van der Waals surface area contributed by atoms with Crippen molar-refractivity contribution in [1.29, 1.82) is 0 Å². The van der Waals surface area contributed by atoms with E-state index in [0.717, 1.165) is 13.0 Å². The molecule has 0 spiro atoms. The number of amides is 2. The van der Waals surface area contributed by atoms with Crippen LogP contribution in [0.15, 0.2) is 0 Å². The van der Waals surface area contributed by atoms with Crippen LogP contribution in [0.2, 0.25) is 0 Å². The van der Waals surface area contributed by atoms with Crippen LogP contribution in [0.1, 0.15) is 27.2 Å². The molecule has 66 valence electrons. The maximum Gasteiger partial charge on any atom is 0.314 e. The van der Waals surface area contributed by atoms with Crippen molar-refractivity contribution in [3.05, 3.63) is 0 Å². The van der Waals surface area contributed by atoms with Crippen LogP contribution in [0.5, 0.6) is 0 Å². The molecule has 0 radical (unpaired) electrons. The van der Waals surface area contributed by atoms with Crippen molar-refractivity contribution in [3.8, 4) is 0 Å². The van der Waals surface area contributed by atoms with Gasteiger partial charge in [-0.05, 0) is 19.3 Å². The van der Waals surface area contributed by atoms with Crippen molar-refractivity contribution >= 4 is 6.03 Å². The number of hydrogen-bond donors (Lipinski definition) is 2. The predicted molar refractivity (Wildman–Crippen MR) is 46.5 cm³/mol. The summed E-state index contributed by atoms with van der Waals surface area (Å²) in [5.74, 6) is 0.650. The van der Waals surface area contributed by atoms with E-state index < -0.39 is 0 Å². The van der Waals surface area contributed by atoms with Gasteiger partial charge in [-0.25, -0.2) is 4.79 Å². The minimum atomic E-state index is -0.0619. The van der Waals surface area contributed by atoms with Gasteiger partial charge in [-0.1, -0.05) is 13.8 Å². The summed E-state index contributed by atoms with van der Waals surface area (Å²) >= 11 is 0. The zero-order valence-electron chi connectivity index (χ0n) is 7.61. The Kier molecular flexibility index (Phi) is 5.61. The van der Waals surface area contributed by atoms with Gasteiger partial charge in [0.1, 0.15) is 0 Å². The van der Waals surface area contributed by atoms with E-state index in [9.17, 15) is 4.79 Å². The summed E-state index contributed by atoms with van der Waals surface area (Å²) in [5, 5.41) is 5.43. The van der Waals surface area contributed by atoms with Crippen molar-refractivity contribution in [1.82, 2.24) is 10.6 Å². The zero-order chi connectivity index (χ0) is 8.69. The molecule has 0 aliphatic rings.